The normalized spacial score (nSPS) is 9.18. The molecule has 1 heteroatoms. The molecule has 1 aromatic carbocycles. The van der Waals surface area contributed by atoms with Gasteiger partial charge in [0.1, 0.15) is 6.29 Å². The van der Waals surface area contributed by atoms with Crippen LogP contribution in [0.4, 0.5) is 0 Å². The number of rotatable bonds is 2. The van der Waals surface area contributed by atoms with Crippen LogP contribution >= 0.6 is 0 Å². The molecule has 0 heterocycles. The molecule has 0 saturated heterocycles. The molecule has 0 bridgehead atoms. The monoisotopic (exact) mass is 146 g/mol. The van der Waals surface area contributed by atoms with Crippen molar-refractivity contribution in [3.05, 3.63) is 41.5 Å². The van der Waals surface area contributed by atoms with Crippen molar-refractivity contribution in [2.24, 2.45) is 0 Å². The molecule has 0 aromatic heterocycles. The highest BCUT2D eigenvalue weighted by molar-refractivity contribution is 5.76. The first-order valence-corrected chi connectivity index (χ1v) is 3.46. The number of carbonyl (C=O) groups is 1. The summed E-state index contributed by atoms with van der Waals surface area (Å²) in [4.78, 5) is 10.3. The van der Waals surface area contributed by atoms with Crippen LogP contribution in [0.3, 0.4) is 0 Å². The molecular weight excluding hydrogens is 136 g/mol. The number of benzene rings is 1. The number of hydrogen-bond acceptors (Lipinski definition) is 1. The van der Waals surface area contributed by atoms with Gasteiger partial charge in [0.15, 0.2) is 0 Å². The molecule has 0 amide bonds. The second-order valence-corrected chi connectivity index (χ2v) is 2.44. The van der Waals surface area contributed by atoms with E-state index >= 15 is 0 Å². The molecular formula is C10H10O. The molecule has 56 valence electrons. The van der Waals surface area contributed by atoms with E-state index in [0.717, 1.165) is 17.4 Å². The fraction of sp³-hybridized carbons (Fsp3) is 0.100. The Bertz CT molecular complexity index is 287. The summed E-state index contributed by atoms with van der Waals surface area (Å²) < 4.78 is 0. The van der Waals surface area contributed by atoms with Gasteiger partial charge in [-0.2, -0.15) is 0 Å². The molecule has 11 heavy (non-hydrogen) atoms. The van der Waals surface area contributed by atoms with E-state index in [9.17, 15) is 4.79 Å². The van der Waals surface area contributed by atoms with Crippen molar-refractivity contribution in [1.82, 2.24) is 0 Å². The average Bonchev–Trinajstić information content (AvgIpc) is 2.04. The first-order chi connectivity index (χ1) is 5.27. The molecule has 1 aromatic rings. The molecule has 0 fully saturated rings. The minimum absolute atomic E-state index is 0.716. The van der Waals surface area contributed by atoms with Crippen LogP contribution in [0.1, 0.15) is 21.5 Å². The van der Waals surface area contributed by atoms with Gasteiger partial charge in [0.25, 0.3) is 0 Å². The van der Waals surface area contributed by atoms with E-state index in [1.54, 1.807) is 12.1 Å². The topological polar surface area (TPSA) is 17.1 Å². The van der Waals surface area contributed by atoms with Crippen LogP contribution < -0.4 is 0 Å². The maximum Gasteiger partial charge on any atom is 0.150 e. The number of carbonyl (C=O) groups excluding carboxylic acids is 1. The molecule has 0 N–H and O–H groups in total. The summed E-state index contributed by atoms with van der Waals surface area (Å²) in [5.74, 6) is 0. The predicted octanol–water partition coefficient (Wildman–Crippen LogP) is 2.45. The lowest BCUT2D eigenvalue weighted by atomic mass is 10.1. The van der Waals surface area contributed by atoms with Gasteiger partial charge in [-0.15, -0.1) is 0 Å². The van der Waals surface area contributed by atoms with Crippen LogP contribution in [-0.4, -0.2) is 6.29 Å². The molecule has 0 atom stereocenters. The van der Waals surface area contributed by atoms with Gasteiger partial charge in [-0.05, 0) is 24.1 Å². The summed E-state index contributed by atoms with van der Waals surface area (Å²) in [7, 11) is 0. The molecule has 0 saturated carbocycles. The Morgan fingerprint density at radius 1 is 1.45 bits per heavy atom. The van der Waals surface area contributed by atoms with Gasteiger partial charge in [-0.1, -0.05) is 24.8 Å². The van der Waals surface area contributed by atoms with Gasteiger partial charge in [-0.25, -0.2) is 0 Å². The van der Waals surface area contributed by atoms with Gasteiger partial charge in [0, 0.05) is 5.56 Å². The average molecular weight is 146 g/mol. The molecule has 0 spiro atoms. The molecule has 0 aliphatic heterocycles. The van der Waals surface area contributed by atoms with E-state index in [4.69, 9.17) is 0 Å². The van der Waals surface area contributed by atoms with Gasteiger partial charge >= 0.3 is 0 Å². The maximum absolute atomic E-state index is 10.3. The Balaban J connectivity index is 3.18. The Hall–Kier alpha value is -1.37. The summed E-state index contributed by atoms with van der Waals surface area (Å²) in [5, 5.41) is 0. The highest BCUT2D eigenvalue weighted by atomic mass is 16.1. The van der Waals surface area contributed by atoms with Crippen molar-refractivity contribution in [2.45, 2.75) is 6.92 Å². The van der Waals surface area contributed by atoms with E-state index in [0.29, 0.717) is 5.56 Å². The van der Waals surface area contributed by atoms with Crippen molar-refractivity contribution >= 4 is 12.4 Å². The summed E-state index contributed by atoms with van der Waals surface area (Å²) in [5.41, 5.74) is 2.88. The summed E-state index contributed by atoms with van der Waals surface area (Å²) >= 11 is 0. The Morgan fingerprint density at radius 2 is 2.18 bits per heavy atom. The smallest absolute Gasteiger partial charge is 0.150 e. The first-order valence-electron chi connectivity index (χ1n) is 3.46. The quantitative estimate of drug-likeness (QED) is 0.586. The lowest BCUT2D eigenvalue weighted by Gasteiger charge is -1.98. The van der Waals surface area contributed by atoms with Crippen LogP contribution in [0.25, 0.3) is 6.08 Å². The van der Waals surface area contributed by atoms with Crippen LogP contribution in [-0.2, 0) is 0 Å². The SMILES string of the molecule is C=Cc1ccc(C=O)cc1C. The van der Waals surface area contributed by atoms with Gasteiger partial charge < -0.3 is 0 Å². The third-order valence-corrected chi connectivity index (χ3v) is 1.65. The van der Waals surface area contributed by atoms with Crippen molar-refractivity contribution < 1.29 is 4.79 Å². The second-order valence-electron chi connectivity index (χ2n) is 2.44. The number of aldehydes is 1. The Morgan fingerprint density at radius 3 is 2.64 bits per heavy atom. The number of aryl methyl sites for hydroxylation is 1. The standard InChI is InChI=1S/C10H10O/c1-3-10-5-4-9(7-11)6-8(10)2/h3-7H,1H2,2H3. The summed E-state index contributed by atoms with van der Waals surface area (Å²) in [6.45, 7) is 5.62. The Kier molecular flexibility index (Phi) is 2.21. The molecule has 0 radical (unpaired) electrons. The van der Waals surface area contributed by atoms with E-state index in [2.05, 4.69) is 6.58 Å². The van der Waals surface area contributed by atoms with Crippen molar-refractivity contribution in [2.75, 3.05) is 0 Å². The molecule has 0 aliphatic rings. The van der Waals surface area contributed by atoms with Crippen molar-refractivity contribution in [3.63, 3.8) is 0 Å². The van der Waals surface area contributed by atoms with Crippen LogP contribution in [0.2, 0.25) is 0 Å². The van der Waals surface area contributed by atoms with Gasteiger partial charge in [0.05, 0.1) is 0 Å². The molecule has 0 unspecified atom stereocenters. The second kappa shape index (κ2) is 3.15. The van der Waals surface area contributed by atoms with Crippen LogP contribution in [0.15, 0.2) is 24.8 Å². The van der Waals surface area contributed by atoms with Crippen LogP contribution in [0.5, 0.6) is 0 Å². The van der Waals surface area contributed by atoms with Gasteiger partial charge in [0.2, 0.25) is 0 Å². The lowest BCUT2D eigenvalue weighted by molar-refractivity contribution is 0.112. The zero-order valence-electron chi connectivity index (χ0n) is 6.50. The van der Waals surface area contributed by atoms with E-state index in [1.165, 1.54) is 0 Å². The fourth-order valence-corrected chi connectivity index (χ4v) is 1.00. The largest absolute Gasteiger partial charge is 0.298 e. The lowest BCUT2D eigenvalue weighted by Crippen LogP contribution is -1.84. The third-order valence-electron chi connectivity index (χ3n) is 1.65. The maximum atomic E-state index is 10.3. The highest BCUT2D eigenvalue weighted by Gasteiger charge is 1.94. The molecule has 1 rings (SSSR count). The zero-order chi connectivity index (χ0) is 8.27. The molecule has 1 nitrogen and oxygen atoms in total. The fourth-order valence-electron chi connectivity index (χ4n) is 1.00. The van der Waals surface area contributed by atoms with E-state index < -0.39 is 0 Å². The Labute approximate surface area is 66.4 Å². The van der Waals surface area contributed by atoms with Crippen molar-refractivity contribution in [1.29, 1.82) is 0 Å². The highest BCUT2D eigenvalue weighted by Crippen LogP contribution is 2.10. The minimum Gasteiger partial charge on any atom is -0.298 e. The van der Waals surface area contributed by atoms with E-state index in [-0.39, 0.29) is 0 Å². The third kappa shape index (κ3) is 1.55. The van der Waals surface area contributed by atoms with Gasteiger partial charge in [-0.3, -0.25) is 4.79 Å². The zero-order valence-corrected chi connectivity index (χ0v) is 6.50. The molecule has 0 aliphatic carbocycles. The summed E-state index contributed by atoms with van der Waals surface area (Å²) in [6, 6.07) is 5.53. The predicted molar refractivity (Wildman–Crippen MR) is 46.7 cm³/mol. The number of hydrogen-bond donors (Lipinski definition) is 0. The van der Waals surface area contributed by atoms with Crippen LogP contribution in [0, 0.1) is 6.92 Å². The van der Waals surface area contributed by atoms with E-state index in [1.807, 2.05) is 19.1 Å². The summed E-state index contributed by atoms with van der Waals surface area (Å²) in [6.07, 6.45) is 2.63. The first kappa shape index (κ1) is 7.73. The minimum atomic E-state index is 0.716. The van der Waals surface area contributed by atoms with Crippen molar-refractivity contribution in [3.8, 4) is 0 Å².